The van der Waals surface area contributed by atoms with Crippen molar-refractivity contribution in [2.75, 3.05) is 39.8 Å². The zero-order valence-electron chi connectivity index (χ0n) is 23.5. The summed E-state index contributed by atoms with van der Waals surface area (Å²) in [5.74, 6) is 2.08. The van der Waals surface area contributed by atoms with Gasteiger partial charge < -0.3 is 23.9 Å². The fraction of sp³-hybridized carbons (Fsp3) is 0.438. The lowest BCUT2D eigenvalue weighted by Crippen LogP contribution is -2.47. The van der Waals surface area contributed by atoms with Crippen LogP contribution in [-0.4, -0.2) is 66.3 Å². The Kier molecular flexibility index (Phi) is 8.07. The van der Waals surface area contributed by atoms with Crippen molar-refractivity contribution in [3.63, 3.8) is 0 Å². The number of rotatable bonds is 7. The Morgan fingerprint density at radius 1 is 0.974 bits per heavy atom. The molecule has 7 nitrogen and oxygen atoms in total. The molecule has 2 amide bonds. The molecule has 0 bridgehead atoms. The first-order chi connectivity index (χ1) is 18.8. The molecule has 5 rings (SSSR count). The van der Waals surface area contributed by atoms with E-state index < -0.39 is 0 Å². The maximum absolute atomic E-state index is 13.3. The minimum absolute atomic E-state index is 0.0739. The van der Waals surface area contributed by atoms with E-state index in [1.54, 1.807) is 6.07 Å². The molecule has 1 aromatic heterocycles. The van der Waals surface area contributed by atoms with Crippen LogP contribution in [0.5, 0.6) is 5.75 Å². The van der Waals surface area contributed by atoms with Crippen molar-refractivity contribution in [1.29, 1.82) is 0 Å². The number of hydrogen-bond acceptors (Lipinski definition) is 5. The monoisotopic (exact) mass is 529 g/mol. The third-order valence-corrected chi connectivity index (χ3v) is 7.69. The number of likely N-dealkylation sites (N-methyl/N-ethyl adjacent to an activating group) is 1. The molecular formula is C32H39N3O4. The van der Waals surface area contributed by atoms with Crippen LogP contribution in [0.15, 0.2) is 59.0 Å². The van der Waals surface area contributed by atoms with Gasteiger partial charge in [-0.15, -0.1) is 0 Å². The van der Waals surface area contributed by atoms with Gasteiger partial charge in [0.15, 0.2) is 5.76 Å². The number of ether oxygens (including phenoxy) is 1. The first-order valence-corrected chi connectivity index (χ1v) is 14.0. The molecule has 1 unspecified atom stereocenters. The van der Waals surface area contributed by atoms with Crippen LogP contribution in [0.1, 0.15) is 64.9 Å². The first kappa shape index (κ1) is 27.0. The summed E-state index contributed by atoms with van der Waals surface area (Å²) in [6.45, 7) is 10.3. The Balaban J connectivity index is 1.33. The van der Waals surface area contributed by atoms with Crippen molar-refractivity contribution in [1.82, 2.24) is 14.7 Å². The SMILES string of the molecule is Cc1ccc(C2c3cc(OCc4ccc(C(=O)N5CCN(C)CC5)o4)ccc3CCN2C(=O)CC(C)C)cc1. The van der Waals surface area contributed by atoms with Gasteiger partial charge in [-0.2, -0.15) is 0 Å². The molecule has 3 heterocycles. The van der Waals surface area contributed by atoms with E-state index in [-0.39, 0.29) is 24.5 Å². The van der Waals surface area contributed by atoms with Gasteiger partial charge in [0.2, 0.25) is 5.91 Å². The zero-order valence-corrected chi connectivity index (χ0v) is 23.5. The standard InChI is InChI=1S/C32H39N3O4/c1-22(2)19-30(36)35-14-13-24-9-10-26(20-28(24)31(35)25-7-5-23(3)6-8-25)38-21-27-11-12-29(39-27)32(37)34-17-15-33(4)16-18-34/h5-12,20,22,31H,13-19,21H2,1-4H3. The van der Waals surface area contributed by atoms with Gasteiger partial charge >= 0.3 is 0 Å². The third-order valence-electron chi connectivity index (χ3n) is 7.69. The fourth-order valence-electron chi connectivity index (χ4n) is 5.42. The quantitative estimate of drug-likeness (QED) is 0.427. The van der Waals surface area contributed by atoms with E-state index in [0.29, 0.717) is 49.2 Å². The van der Waals surface area contributed by atoms with Crippen molar-refractivity contribution >= 4 is 11.8 Å². The Bertz CT molecular complexity index is 1310. The predicted molar refractivity (Wildman–Crippen MR) is 151 cm³/mol. The minimum atomic E-state index is -0.152. The number of carbonyl (C=O) groups is 2. The number of benzene rings is 2. The molecule has 0 radical (unpaired) electrons. The molecule has 2 aromatic carbocycles. The van der Waals surface area contributed by atoms with Crippen LogP contribution in [0.2, 0.25) is 0 Å². The van der Waals surface area contributed by atoms with Gasteiger partial charge in [0.25, 0.3) is 5.91 Å². The van der Waals surface area contributed by atoms with Gasteiger partial charge in [-0.3, -0.25) is 9.59 Å². The molecule has 0 saturated carbocycles. The number of carbonyl (C=O) groups excluding carboxylic acids is 2. The molecule has 0 N–H and O–H groups in total. The number of amides is 2. The highest BCUT2D eigenvalue weighted by Crippen LogP contribution is 2.38. The number of nitrogens with zero attached hydrogens (tertiary/aromatic N) is 3. The molecular weight excluding hydrogens is 490 g/mol. The van der Waals surface area contributed by atoms with Crippen LogP contribution in [-0.2, 0) is 17.8 Å². The van der Waals surface area contributed by atoms with Crippen LogP contribution in [0.25, 0.3) is 0 Å². The van der Waals surface area contributed by atoms with Gasteiger partial charge in [-0.25, -0.2) is 0 Å². The highest BCUT2D eigenvalue weighted by molar-refractivity contribution is 5.91. The Morgan fingerprint density at radius 2 is 1.72 bits per heavy atom. The number of hydrogen-bond donors (Lipinski definition) is 0. The van der Waals surface area contributed by atoms with E-state index in [9.17, 15) is 9.59 Å². The first-order valence-electron chi connectivity index (χ1n) is 14.0. The molecule has 1 fully saturated rings. The van der Waals surface area contributed by atoms with E-state index in [2.05, 4.69) is 69.1 Å². The zero-order chi connectivity index (χ0) is 27.5. The predicted octanol–water partition coefficient (Wildman–Crippen LogP) is 5.07. The van der Waals surface area contributed by atoms with E-state index in [1.807, 2.05) is 21.9 Å². The van der Waals surface area contributed by atoms with Gasteiger partial charge in [0, 0.05) is 39.1 Å². The molecule has 2 aliphatic rings. The normalized spacial score (nSPS) is 17.8. The van der Waals surface area contributed by atoms with E-state index in [0.717, 1.165) is 30.6 Å². The van der Waals surface area contributed by atoms with Gasteiger partial charge in [-0.05, 0) is 67.3 Å². The van der Waals surface area contributed by atoms with Gasteiger partial charge in [-0.1, -0.05) is 49.7 Å². The number of fused-ring (bicyclic) bond motifs is 1. The summed E-state index contributed by atoms with van der Waals surface area (Å²) in [5.41, 5.74) is 4.63. The number of aryl methyl sites for hydroxylation is 1. The molecule has 7 heteroatoms. The highest BCUT2D eigenvalue weighted by atomic mass is 16.5. The summed E-state index contributed by atoms with van der Waals surface area (Å²) in [4.78, 5) is 32.2. The Hall–Kier alpha value is -3.58. The lowest BCUT2D eigenvalue weighted by Gasteiger charge is -2.38. The molecule has 1 atom stereocenters. The summed E-state index contributed by atoms with van der Waals surface area (Å²) in [6, 6.07) is 18.0. The second-order valence-electron chi connectivity index (χ2n) is 11.3. The second-order valence-corrected chi connectivity index (χ2v) is 11.3. The van der Waals surface area contributed by atoms with Crippen LogP contribution in [0, 0.1) is 12.8 Å². The molecule has 0 aliphatic carbocycles. The topological polar surface area (TPSA) is 66.2 Å². The van der Waals surface area contributed by atoms with E-state index in [1.165, 1.54) is 11.1 Å². The molecule has 0 spiro atoms. The van der Waals surface area contributed by atoms with Crippen molar-refractivity contribution < 1.29 is 18.7 Å². The summed E-state index contributed by atoms with van der Waals surface area (Å²) in [7, 11) is 2.06. The Morgan fingerprint density at radius 3 is 2.44 bits per heavy atom. The van der Waals surface area contributed by atoms with E-state index >= 15 is 0 Å². The average molecular weight is 530 g/mol. The van der Waals surface area contributed by atoms with Crippen LogP contribution in [0.4, 0.5) is 0 Å². The number of piperazine rings is 1. The van der Waals surface area contributed by atoms with Crippen molar-refractivity contribution in [2.24, 2.45) is 5.92 Å². The van der Waals surface area contributed by atoms with Crippen LogP contribution in [0.3, 0.4) is 0 Å². The summed E-state index contributed by atoms with van der Waals surface area (Å²) in [6.07, 6.45) is 1.35. The molecule has 3 aromatic rings. The van der Waals surface area contributed by atoms with E-state index in [4.69, 9.17) is 9.15 Å². The Labute approximate surface area is 231 Å². The van der Waals surface area contributed by atoms with Gasteiger partial charge in [0.05, 0.1) is 6.04 Å². The van der Waals surface area contributed by atoms with Crippen LogP contribution >= 0.6 is 0 Å². The maximum atomic E-state index is 13.3. The highest BCUT2D eigenvalue weighted by Gasteiger charge is 2.32. The maximum Gasteiger partial charge on any atom is 0.289 e. The number of furan rings is 1. The molecule has 1 saturated heterocycles. The summed E-state index contributed by atoms with van der Waals surface area (Å²) >= 11 is 0. The lowest BCUT2D eigenvalue weighted by molar-refractivity contribution is -0.134. The van der Waals surface area contributed by atoms with Crippen molar-refractivity contribution in [2.45, 2.75) is 46.3 Å². The smallest absolute Gasteiger partial charge is 0.289 e. The molecule has 2 aliphatic heterocycles. The molecule has 206 valence electrons. The van der Waals surface area contributed by atoms with Crippen LogP contribution < -0.4 is 4.74 Å². The average Bonchev–Trinajstić information content (AvgIpc) is 3.40. The van der Waals surface area contributed by atoms with Crippen molar-refractivity contribution in [3.8, 4) is 5.75 Å². The largest absolute Gasteiger partial charge is 0.486 e. The minimum Gasteiger partial charge on any atom is -0.486 e. The molecule has 39 heavy (non-hydrogen) atoms. The summed E-state index contributed by atoms with van der Waals surface area (Å²) in [5, 5.41) is 0. The van der Waals surface area contributed by atoms with Crippen molar-refractivity contribution in [3.05, 3.63) is 88.4 Å². The fourth-order valence-corrected chi connectivity index (χ4v) is 5.42. The summed E-state index contributed by atoms with van der Waals surface area (Å²) < 4.78 is 12.0. The second kappa shape index (κ2) is 11.7. The third kappa shape index (κ3) is 6.19. The lowest BCUT2D eigenvalue weighted by atomic mass is 9.87. The van der Waals surface area contributed by atoms with Gasteiger partial charge in [0.1, 0.15) is 18.1 Å².